The number of nitro benzene ring substituents is 1. The Morgan fingerprint density at radius 1 is 1.39 bits per heavy atom. The normalized spacial score (nSPS) is 10.3. The van der Waals surface area contributed by atoms with Crippen molar-refractivity contribution in [2.45, 2.75) is 20.0 Å². The summed E-state index contributed by atoms with van der Waals surface area (Å²) < 4.78 is 15.6. The van der Waals surface area contributed by atoms with Crippen LogP contribution in [0.3, 0.4) is 0 Å². The first-order chi connectivity index (χ1) is 10.9. The van der Waals surface area contributed by atoms with Crippen molar-refractivity contribution in [2.75, 3.05) is 0 Å². The summed E-state index contributed by atoms with van der Waals surface area (Å²) in [5.41, 5.74) is -2.15. The molecule has 0 bridgehead atoms. The van der Waals surface area contributed by atoms with Crippen LogP contribution < -0.4 is 11.2 Å². The zero-order valence-corrected chi connectivity index (χ0v) is 12.0. The molecular formula is C14H11FN4O4. The Hall–Kier alpha value is -3.28. The highest BCUT2D eigenvalue weighted by atomic mass is 19.1. The molecule has 0 unspecified atom stereocenters. The molecule has 118 valence electrons. The highest BCUT2D eigenvalue weighted by Gasteiger charge is 2.16. The van der Waals surface area contributed by atoms with E-state index in [9.17, 15) is 24.1 Å². The average Bonchev–Trinajstić information content (AvgIpc) is 2.51. The molecule has 8 nitrogen and oxygen atoms in total. The van der Waals surface area contributed by atoms with Gasteiger partial charge in [0.05, 0.1) is 11.5 Å². The number of nitriles is 1. The van der Waals surface area contributed by atoms with Crippen molar-refractivity contribution in [3.63, 3.8) is 0 Å². The molecule has 0 atom stereocenters. The number of rotatable bonds is 4. The molecule has 23 heavy (non-hydrogen) atoms. The zero-order valence-electron chi connectivity index (χ0n) is 12.0. The summed E-state index contributed by atoms with van der Waals surface area (Å²) in [6, 6.07) is 4.80. The van der Waals surface area contributed by atoms with Crippen LogP contribution in [0.15, 0.2) is 34.0 Å². The van der Waals surface area contributed by atoms with E-state index in [4.69, 9.17) is 5.26 Å². The predicted octanol–water partition coefficient (Wildman–Crippen LogP) is 0.997. The van der Waals surface area contributed by atoms with Gasteiger partial charge in [-0.25, -0.2) is 4.79 Å². The van der Waals surface area contributed by atoms with Crippen LogP contribution in [0.1, 0.15) is 18.1 Å². The van der Waals surface area contributed by atoms with E-state index in [0.717, 1.165) is 22.9 Å². The topological polar surface area (TPSA) is 111 Å². The molecule has 0 aliphatic rings. The van der Waals surface area contributed by atoms with Gasteiger partial charge in [0.25, 0.3) is 5.56 Å². The van der Waals surface area contributed by atoms with Crippen molar-refractivity contribution < 1.29 is 9.31 Å². The number of aromatic nitrogens is 2. The highest BCUT2D eigenvalue weighted by molar-refractivity contribution is 5.35. The van der Waals surface area contributed by atoms with Crippen molar-refractivity contribution in [3.8, 4) is 6.07 Å². The fourth-order valence-electron chi connectivity index (χ4n) is 2.08. The maximum absolute atomic E-state index is 13.6. The molecule has 1 heterocycles. The third-order valence-electron chi connectivity index (χ3n) is 3.25. The Kier molecular flexibility index (Phi) is 4.36. The fraction of sp³-hybridized carbons (Fsp3) is 0.214. The van der Waals surface area contributed by atoms with Gasteiger partial charge in [-0.1, -0.05) is 6.07 Å². The summed E-state index contributed by atoms with van der Waals surface area (Å²) in [5, 5.41) is 19.5. The minimum Gasteiger partial charge on any atom is -0.299 e. The lowest BCUT2D eigenvalue weighted by molar-refractivity contribution is -0.387. The van der Waals surface area contributed by atoms with E-state index in [2.05, 4.69) is 0 Å². The Labute approximate surface area is 128 Å². The number of hydrogen-bond donors (Lipinski definition) is 0. The molecule has 2 aromatic rings. The summed E-state index contributed by atoms with van der Waals surface area (Å²) in [4.78, 5) is 34.0. The Morgan fingerprint density at radius 2 is 2.09 bits per heavy atom. The third-order valence-corrected chi connectivity index (χ3v) is 3.25. The lowest BCUT2D eigenvalue weighted by Gasteiger charge is -2.09. The minimum absolute atomic E-state index is 0.199. The van der Waals surface area contributed by atoms with Crippen LogP contribution in [0.25, 0.3) is 0 Å². The van der Waals surface area contributed by atoms with Gasteiger partial charge >= 0.3 is 11.4 Å². The summed E-state index contributed by atoms with van der Waals surface area (Å²) in [5.74, 6) is -1.06. The molecule has 0 saturated heterocycles. The van der Waals surface area contributed by atoms with Crippen LogP contribution in [0.2, 0.25) is 0 Å². The number of nitro groups is 1. The summed E-state index contributed by atoms with van der Waals surface area (Å²) in [6.07, 6.45) is 1.16. The maximum Gasteiger partial charge on any atom is 0.331 e. The second kappa shape index (κ2) is 6.23. The third kappa shape index (κ3) is 3.01. The van der Waals surface area contributed by atoms with Crippen LogP contribution in [-0.2, 0) is 13.1 Å². The number of aryl methyl sites for hydroxylation is 1. The van der Waals surface area contributed by atoms with Crippen molar-refractivity contribution in [1.82, 2.24) is 9.13 Å². The van der Waals surface area contributed by atoms with E-state index in [1.54, 1.807) is 13.0 Å². The smallest absolute Gasteiger partial charge is 0.299 e. The average molecular weight is 318 g/mol. The molecule has 0 radical (unpaired) electrons. The quantitative estimate of drug-likeness (QED) is 0.616. The molecule has 0 aliphatic heterocycles. The molecule has 1 aromatic carbocycles. The lowest BCUT2D eigenvalue weighted by Crippen LogP contribution is -2.40. The lowest BCUT2D eigenvalue weighted by atomic mass is 10.2. The number of nitrogens with zero attached hydrogens (tertiary/aromatic N) is 4. The maximum atomic E-state index is 13.6. The van der Waals surface area contributed by atoms with Crippen LogP contribution >= 0.6 is 0 Å². The zero-order chi connectivity index (χ0) is 17.1. The first kappa shape index (κ1) is 16.1. The molecule has 0 amide bonds. The predicted molar refractivity (Wildman–Crippen MR) is 77.5 cm³/mol. The molecule has 0 aliphatic carbocycles. The molecule has 0 spiro atoms. The van der Waals surface area contributed by atoms with Gasteiger partial charge in [-0.3, -0.25) is 24.0 Å². The fourth-order valence-corrected chi connectivity index (χ4v) is 2.08. The molecule has 0 fully saturated rings. The van der Waals surface area contributed by atoms with Gasteiger partial charge in [-0.05, 0) is 18.6 Å². The van der Waals surface area contributed by atoms with Crippen LogP contribution in [0.5, 0.6) is 0 Å². The van der Waals surface area contributed by atoms with E-state index in [0.29, 0.717) is 0 Å². The number of halogens is 1. The largest absolute Gasteiger partial charge is 0.331 e. The van der Waals surface area contributed by atoms with E-state index < -0.39 is 27.7 Å². The summed E-state index contributed by atoms with van der Waals surface area (Å²) in [7, 11) is 0. The molecule has 1 aromatic heterocycles. The second-order valence-corrected chi connectivity index (χ2v) is 4.66. The van der Waals surface area contributed by atoms with Gasteiger partial charge < -0.3 is 0 Å². The van der Waals surface area contributed by atoms with Gasteiger partial charge in [0.2, 0.25) is 5.82 Å². The van der Waals surface area contributed by atoms with Crippen LogP contribution in [0.4, 0.5) is 10.1 Å². The van der Waals surface area contributed by atoms with Crippen LogP contribution in [0, 0.1) is 27.3 Å². The first-order valence-electron chi connectivity index (χ1n) is 6.56. The van der Waals surface area contributed by atoms with Gasteiger partial charge in [0.1, 0.15) is 11.6 Å². The molecule has 0 N–H and O–H groups in total. The van der Waals surface area contributed by atoms with Gasteiger partial charge in [0, 0.05) is 18.8 Å². The van der Waals surface area contributed by atoms with Crippen LogP contribution in [-0.4, -0.2) is 14.1 Å². The SMILES string of the molecule is CCn1cc(C#N)c(=O)n(Cc2ccc([N+](=O)[O-])c(F)c2)c1=O. The minimum atomic E-state index is -1.06. The molecule has 9 heteroatoms. The van der Waals surface area contributed by atoms with E-state index in [1.165, 1.54) is 10.6 Å². The van der Waals surface area contributed by atoms with Crippen molar-refractivity contribution in [3.05, 3.63) is 72.3 Å². The summed E-state index contributed by atoms with van der Waals surface area (Å²) >= 11 is 0. The van der Waals surface area contributed by atoms with Gasteiger partial charge in [0.15, 0.2) is 0 Å². The highest BCUT2D eigenvalue weighted by Crippen LogP contribution is 2.18. The molecule has 2 rings (SSSR count). The Morgan fingerprint density at radius 3 is 2.61 bits per heavy atom. The van der Waals surface area contributed by atoms with Crippen molar-refractivity contribution in [1.29, 1.82) is 5.26 Å². The van der Waals surface area contributed by atoms with E-state index in [-0.39, 0.29) is 24.2 Å². The van der Waals surface area contributed by atoms with Gasteiger partial charge in [-0.15, -0.1) is 0 Å². The first-order valence-corrected chi connectivity index (χ1v) is 6.56. The Balaban J connectivity index is 2.55. The number of benzene rings is 1. The number of hydrogen-bond acceptors (Lipinski definition) is 5. The standard InChI is InChI=1S/C14H11FN4O4/c1-2-17-8-10(6-16)13(20)18(14(17)21)7-9-3-4-12(19(22)23)11(15)5-9/h3-5,8H,2,7H2,1H3. The van der Waals surface area contributed by atoms with Gasteiger partial charge in [-0.2, -0.15) is 9.65 Å². The van der Waals surface area contributed by atoms with E-state index >= 15 is 0 Å². The molecular weight excluding hydrogens is 307 g/mol. The second-order valence-electron chi connectivity index (χ2n) is 4.66. The van der Waals surface area contributed by atoms with E-state index in [1.807, 2.05) is 0 Å². The monoisotopic (exact) mass is 318 g/mol. The Bertz CT molecular complexity index is 939. The van der Waals surface area contributed by atoms with Crippen molar-refractivity contribution >= 4 is 5.69 Å². The van der Waals surface area contributed by atoms with Crippen molar-refractivity contribution in [2.24, 2.45) is 0 Å². The summed E-state index contributed by atoms with van der Waals surface area (Å²) in [6.45, 7) is 1.63. The molecule has 0 saturated carbocycles.